The van der Waals surface area contributed by atoms with Gasteiger partial charge in [-0.25, -0.2) is 4.79 Å². The summed E-state index contributed by atoms with van der Waals surface area (Å²) in [6, 6.07) is 3.88. The minimum absolute atomic E-state index is 0.0954. The number of fused-ring (bicyclic) bond motifs is 1. The van der Waals surface area contributed by atoms with Crippen molar-refractivity contribution in [3.8, 4) is 0 Å². The second kappa shape index (κ2) is 8.79. The van der Waals surface area contributed by atoms with Crippen LogP contribution in [0.3, 0.4) is 0 Å². The summed E-state index contributed by atoms with van der Waals surface area (Å²) >= 11 is 3.07. The number of hydrogen-bond acceptors (Lipinski definition) is 6. The van der Waals surface area contributed by atoms with Crippen LogP contribution in [0.5, 0.6) is 0 Å². The van der Waals surface area contributed by atoms with Crippen LogP contribution in [-0.2, 0) is 28.9 Å². The van der Waals surface area contributed by atoms with E-state index in [1.807, 2.05) is 17.5 Å². The molecule has 0 saturated carbocycles. The molecule has 5 nitrogen and oxygen atoms in total. The van der Waals surface area contributed by atoms with Crippen LogP contribution in [0.1, 0.15) is 45.9 Å². The summed E-state index contributed by atoms with van der Waals surface area (Å²) in [5.74, 6) is -0.428. The Bertz CT molecular complexity index is 768. The Labute approximate surface area is 162 Å². The van der Waals surface area contributed by atoms with Crippen molar-refractivity contribution in [3.05, 3.63) is 38.4 Å². The normalized spacial score (nSPS) is 14.1. The van der Waals surface area contributed by atoms with Crippen LogP contribution in [0.25, 0.3) is 0 Å². The molecule has 1 aliphatic heterocycles. The largest absolute Gasteiger partial charge is 0.462 e. The van der Waals surface area contributed by atoms with Gasteiger partial charge in [-0.2, -0.15) is 0 Å². The lowest BCUT2D eigenvalue weighted by molar-refractivity contribution is -0.115. The number of rotatable bonds is 7. The molecule has 0 unspecified atom stereocenters. The second-order valence-electron chi connectivity index (χ2n) is 6.26. The third-order valence-electron chi connectivity index (χ3n) is 4.32. The first-order valence-corrected chi connectivity index (χ1v) is 10.7. The highest BCUT2D eigenvalue weighted by atomic mass is 32.1. The Morgan fingerprint density at radius 1 is 1.35 bits per heavy atom. The van der Waals surface area contributed by atoms with Gasteiger partial charge in [-0.3, -0.25) is 9.69 Å². The molecule has 0 aromatic carbocycles. The summed E-state index contributed by atoms with van der Waals surface area (Å²) in [6.07, 6.45) is 2.25. The van der Waals surface area contributed by atoms with Crippen LogP contribution in [-0.4, -0.2) is 36.5 Å². The summed E-state index contributed by atoms with van der Waals surface area (Å²) in [6.45, 7) is 7.12. The summed E-state index contributed by atoms with van der Waals surface area (Å²) in [5, 5.41) is 5.55. The van der Waals surface area contributed by atoms with Crippen LogP contribution < -0.4 is 5.32 Å². The number of hydrogen-bond donors (Lipinski definition) is 1. The topological polar surface area (TPSA) is 58.6 Å². The van der Waals surface area contributed by atoms with E-state index in [0.717, 1.165) is 42.9 Å². The molecule has 2 aromatic heterocycles. The van der Waals surface area contributed by atoms with Crippen LogP contribution in [0.2, 0.25) is 0 Å². The Kier molecular flexibility index (Phi) is 6.45. The molecule has 7 heteroatoms. The lowest BCUT2D eigenvalue weighted by Gasteiger charge is -2.26. The standard InChI is InChI=1S/C19H24N2O3S2/c1-3-8-21-9-7-14-15(12-21)26-18(17(14)19(23)24-4-2)20-16(22)11-13-6-5-10-25-13/h5-6,10H,3-4,7-9,11-12H2,1-2H3,(H,20,22). The van der Waals surface area contributed by atoms with Gasteiger partial charge < -0.3 is 10.1 Å². The monoisotopic (exact) mass is 392 g/mol. The van der Waals surface area contributed by atoms with Gasteiger partial charge >= 0.3 is 5.97 Å². The number of nitrogens with one attached hydrogen (secondary N) is 1. The SMILES string of the molecule is CCCN1CCc2c(sc(NC(=O)Cc3cccs3)c2C(=O)OCC)C1. The summed E-state index contributed by atoms with van der Waals surface area (Å²) in [5.41, 5.74) is 1.61. The van der Waals surface area contributed by atoms with E-state index in [1.165, 1.54) is 16.2 Å². The van der Waals surface area contributed by atoms with Crippen LogP contribution in [0, 0.1) is 0 Å². The van der Waals surface area contributed by atoms with Crippen LogP contribution in [0.15, 0.2) is 17.5 Å². The third-order valence-corrected chi connectivity index (χ3v) is 6.33. The Balaban J connectivity index is 1.83. The number of amides is 1. The molecule has 0 atom stereocenters. The third kappa shape index (κ3) is 4.34. The lowest BCUT2D eigenvalue weighted by atomic mass is 10.0. The fraction of sp³-hybridized carbons (Fsp3) is 0.474. The fourth-order valence-corrected chi connectivity index (χ4v) is 5.21. The second-order valence-corrected chi connectivity index (χ2v) is 8.40. The molecule has 26 heavy (non-hydrogen) atoms. The number of carbonyl (C=O) groups is 2. The molecular formula is C19H24N2O3S2. The van der Waals surface area contributed by atoms with Crippen molar-refractivity contribution in [2.75, 3.05) is 25.0 Å². The number of nitrogens with zero attached hydrogens (tertiary/aromatic N) is 1. The molecule has 3 heterocycles. The predicted molar refractivity (Wildman–Crippen MR) is 106 cm³/mol. The summed E-state index contributed by atoms with van der Waals surface area (Å²) < 4.78 is 5.26. The van der Waals surface area contributed by atoms with Gasteiger partial charge in [-0.1, -0.05) is 13.0 Å². The maximum Gasteiger partial charge on any atom is 0.341 e. The number of thiophene rings is 2. The lowest BCUT2D eigenvalue weighted by Crippen LogP contribution is -2.30. The van der Waals surface area contributed by atoms with Crippen molar-refractivity contribution in [2.24, 2.45) is 0 Å². The van der Waals surface area contributed by atoms with Crippen LogP contribution in [0.4, 0.5) is 5.00 Å². The molecule has 0 bridgehead atoms. The van der Waals surface area contributed by atoms with Crippen LogP contribution >= 0.6 is 22.7 Å². The van der Waals surface area contributed by atoms with Crippen molar-refractivity contribution >= 4 is 39.6 Å². The minimum Gasteiger partial charge on any atom is -0.462 e. The van der Waals surface area contributed by atoms with E-state index in [1.54, 1.807) is 18.3 Å². The van der Waals surface area contributed by atoms with Gasteiger partial charge in [0.15, 0.2) is 0 Å². The first-order chi connectivity index (χ1) is 12.6. The molecule has 0 aliphatic carbocycles. The molecule has 0 fully saturated rings. The Morgan fingerprint density at radius 3 is 2.88 bits per heavy atom. The van der Waals surface area contributed by atoms with E-state index in [2.05, 4.69) is 17.1 Å². The molecular weight excluding hydrogens is 368 g/mol. The van der Waals surface area contributed by atoms with Crippen molar-refractivity contribution in [3.63, 3.8) is 0 Å². The van der Waals surface area contributed by atoms with Gasteiger partial charge in [-0.15, -0.1) is 22.7 Å². The highest BCUT2D eigenvalue weighted by molar-refractivity contribution is 7.17. The smallest absolute Gasteiger partial charge is 0.341 e. The van der Waals surface area contributed by atoms with Gasteiger partial charge in [0.1, 0.15) is 5.00 Å². The van der Waals surface area contributed by atoms with E-state index in [0.29, 0.717) is 23.6 Å². The van der Waals surface area contributed by atoms with E-state index in [4.69, 9.17) is 4.74 Å². The maximum atomic E-state index is 12.5. The van der Waals surface area contributed by atoms with E-state index in [-0.39, 0.29) is 11.9 Å². The van der Waals surface area contributed by atoms with E-state index in [9.17, 15) is 9.59 Å². The zero-order chi connectivity index (χ0) is 18.5. The molecule has 1 amide bonds. The first kappa shape index (κ1) is 19.1. The minimum atomic E-state index is -0.333. The number of carbonyl (C=O) groups excluding carboxylic acids is 2. The number of esters is 1. The highest BCUT2D eigenvalue weighted by Crippen LogP contribution is 2.37. The van der Waals surface area contributed by atoms with E-state index >= 15 is 0 Å². The molecule has 3 rings (SSSR count). The zero-order valence-corrected chi connectivity index (χ0v) is 16.8. The average molecular weight is 393 g/mol. The van der Waals surface area contributed by atoms with Gasteiger partial charge in [0.25, 0.3) is 0 Å². The highest BCUT2D eigenvalue weighted by Gasteiger charge is 2.29. The number of anilines is 1. The molecule has 2 aromatic rings. The van der Waals surface area contributed by atoms with Gasteiger partial charge in [-0.05, 0) is 43.3 Å². The quantitative estimate of drug-likeness (QED) is 0.725. The van der Waals surface area contributed by atoms with E-state index < -0.39 is 0 Å². The Hall–Kier alpha value is -1.70. The van der Waals surface area contributed by atoms with Crippen molar-refractivity contribution < 1.29 is 14.3 Å². The van der Waals surface area contributed by atoms with Gasteiger partial charge in [0, 0.05) is 22.8 Å². The Morgan fingerprint density at radius 2 is 2.19 bits per heavy atom. The maximum absolute atomic E-state index is 12.5. The molecule has 0 saturated heterocycles. The van der Waals surface area contributed by atoms with Crippen molar-refractivity contribution in [1.29, 1.82) is 0 Å². The summed E-state index contributed by atoms with van der Waals surface area (Å²) in [7, 11) is 0. The fourth-order valence-electron chi connectivity index (χ4n) is 3.21. The zero-order valence-electron chi connectivity index (χ0n) is 15.2. The summed E-state index contributed by atoms with van der Waals surface area (Å²) in [4.78, 5) is 29.5. The molecule has 1 aliphatic rings. The number of ether oxygens (including phenoxy) is 1. The molecule has 0 radical (unpaired) electrons. The molecule has 1 N–H and O–H groups in total. The van der Waals surface area contributed by atoms with Gasteiger partial charge in [0.05, 0.1) is 18.6 Å². The van der Waals surface area contributed by atoms with Gasteiger partial charge in [0.2, 0.25) is 5.91 Å². The molecule has 140 valence electrons. The molecule has 0 spiro atoms. The average Bonchev–Trinajstić information content (AvgIpc) is 3.22. The predicted octanol–water partition coefficient (Wildman–Crippen LogP) is 3.94. The van der Waals surface area contributed by atoms with Crippen molar-refractivity contribution in [2.45, 2.75) is 39.7 Å². The van der Waals surface area contributed by atoms with Crippen molar-refractivity contribution in [1.82, 2.24) is 4.90 Å². The first-order valence-electron chi connectivity index (χ1n) is 8.98.